The molecule has 2 nitrogen and oxygen atoms in total. The minimum atomic E-state index is 0.526. The highest BCUT2D eigenvalue weighted by atomic mass is 35.5. The molecule has 1 aromatic carbocycles. The van der Waals surface area contributed by atoms with Crippen molar-refractivity contribution < 1.29 is 0 Å². The molecule has 0 heterocycles. The molecule has 2 N–H and O–H groups in total. The molecular formula is C13H21ClN2. The van der Waals surface area contributed by atoms with Gasteiger partial charge in [-0.25, -0.2) is 0 Å². The third kappa shape index (κ3) is 3.13. The van der Waals surface area contributed by atoms with E-state index < -0.39 is 0 Å². The maximum absolute atomic E-state index is 6.01. The van der Waals surface area contributed by atoms with Crippen molar-refractivity contribution in [3.8, 4) is 0 Å². The van der Waals surface area contributed by atoms with Gasteiger partial charge in [0.15, 0.2) is 0 Å². The van der Waals surface area contributed by atoms with Gasteiger partial charge in [-0.15, -0.1) is 0 Å². The highest BCUT2D eigenvalue weighted by molar-refractivity contribution is 6.30. The fourth-order valence-corrected chi connectivity index (χ4v) is 1.96. The number of hydrogen-bond acceptors (Lipinski definition) is 2. The molecule has 90 valence electrons. The van der Waals surface area contributed by atoms with Gasteiger partial charge in [0.25, 0.3) is 0 Å². The van der Waals surface area contributed by atoms with Gasteiger partial charge in [-0.05, 0) is 50.1 Å². The maximum Gasteiger partial charge on any atom is 0.0410 e. The monoisotopic (exact) mass is 240 g/mol. The highest BCUT2D eigenvalue weighted by Crippen LogP contribution is 2.25. The van der Waals surface area contributed by atoms with Crippen molar-refractivity contribution >= 4 is 17.3 Å². The van der Waals surface area contributed by atoms with E-state index in [0.717, 1.165) is 17.9 Å². The normalized spacial score (nSPS) is 12.6. The summed E-state index contributed by atoms with van der Waals surface area (Å²) in [6.45, 7) is 5.07. The SMILES string of the molecule is CCC(C)N(C)c1ccc(Cl)cc1CCN. The van der Waals surface area contributed by atoms with Crippen LogP contribution in [0.3, 0.4) is 0 Å². The number of anilines is 1. The van der Waals surface area contributed by atoms with Crippen LogP contribution in [0.25, 0.3) is 0 Å². The van der Waals surface area contributed by atoms with E-state index in [1.807, 2.05) is 12.1 Å². The number of halogens is 1. The number of benzene rings is 1. The summed E-state index contributed by atoms with van der Waals surface area (Å²) in [5.74, 6) is 0. The van der Waals surface area contributed by atoms with Crippen molar-refractivity contribution in [2.45, 2.75) is 32.7 Å². The first-order valence-corrected chi connectivity index (χ1v) is 6.19. The summed E-state index contributed by atoms with van der Waals surface area (Å²) in [6.07, 6.45) is 2.00. The van der Waals surface area contributed by atoms with Crippen LogP contribution in [-0.2, 0) is 6.42 Å². The molecule has 0 saturated heterocycles. The standard InChI is InChI=1S/C13H21ClN2/c1-4-10(2)16(3)13-6-5-12(14)9-11(13)7-8-15/h5-6,9-10H,4,7-8,15H2,1-3H3. The van der Waals surface area contributed by atoms with E-state index in [9.17, 15) is 0 Å². The van der Waals surface area contributed by atoms with Crippen molar-refractivity contribution in [2.24, 2.45) is 5.73 Å². The molecule has 0 saturated carbocycles. The van der Waals surface area contributed by atoms with Gasteiger partial charge < -0.3 is 10.6 Å². The van der Waals surface area contributed by atoms with Gasteiger partial charge in [-0.2, -0.15) is 0 Å². The fourth-order valence-electron chi connectivity index (χ4n) is 1.77. The van der Waals surface area contributed by atoms with Gasteiger partial charge in [-0.3, -0.25) is 0 Å². The molecule has 0 aliphatic carbocycles. The third-order valence-electron chi connectivity index (χ3n) is 3.09. The Hall–Kier alpha value is -0.730. The molecule has 16 heavy (non-hydrogen) atoms. The van der Waals surface area contributed by atoms with E-state index in [4.69, 9.17) is 17.3 Å². The minimum absolute atomic E-state index is 0.526. The topological polar surface area (TPSA) is 29.3 Å². The fraction of sp³-hybridized carbons (Fsp3) is 0.538. The lowest BCUT2D eigenvalue weighted by Gasteiger charge is -2.28. The minimum Gasteiger partial charge on any atom is -0.372 e. The molecule has 3 heteroatoms. The quantitative estimate of drug-likeness (QED) is 0.857. The molecule has 0 bridgehead atoms. The van der Waals surface area contributed by atoms with E-state index in [0.29, 0.717) is 12.6 Å². The molecule has 1 atom stereocenters. The predicted molar refractivity (Wildman–Crippen MR) is 72.4 cm³/mol. The molecule has 1 aromatic rings. The van der Waals surface area contributed by atoms with Gasteiger partial charge >= 0.3 is 0 Å². The molecular weight excluding hydrogens is 220 g/mol. The van der Waals surface area contributed by atoms with E-state index in [2.05, 4.69) is 31.9 Å². The maximum atomic E-state index is 6.01. The number of rotatable bonds is 5. The number of nitrogens with zero attached hydrogens (tertiary/aromatic N) is 1. The average Bonchev–Trinajstić information content (AvgIpc) is 2.28. The van der Waals surface area contributed by atoms with E-state index in [-0.39, 0.29) is 0 Å². The summed E-state index contributed by atoms with van der Waals surface area (Å²) in [6, 6.07) is 6.57. The number of nitrogens with two attached hydrogens (primary N) is 1. The van der Waals surface area contributed by atoms with E-state index >= 15 is 0 Å². The van der Waals surface area contributed by atoms with Crippen LogP contribution in [0.15, 0.2) is 18.2 Å². The lowest BCUT2D eigenvalue weighted by molar-refractivity contribution is 0.661. The average molecular weight is 241 g/mol. The van der Waals surface area contributed by atoms with Gasteiger partial charge in [0.1, 0.15) is 0 Å². The molecule has 0 aliphatic heterocycles. The Morgan fingerprint density at radius 1 is 1.44 bits per heavy atom. The van der Waals surface area contributed by atoms with Crippen LogP contribution in [0, 0.1) is 0 Å². The van der Waals surface area contributed by atoms with Crippen molar-refractivity contribution in [1.82, 2.24) is 0 Å². The van der Waals surface area contributed by atoms with Crippen LogP contribution in [0.1, 0.15) is 25.8 Å². The van der Waals surface area contributed by atoms with Crippen LogP contribution < -0.4 is 10.6 Å². The second kappa shape index (κ2) is 6.12. The zero-order valence-electron chi connectivity index (χ0n) is 10.3. The van der Waals surface area contributed by atoms with Crippen molar-refractivity contribution in [2.75, 3.05) is 18.5 Å². The van der Waals surface area contributed by atoms with Crippen molar-refractivity contribution in [1.29, 1.82) is 0 Å². The predicted octanol–water partition coefficient (Wildman–Crippen LogP) is 3.08. The Morgan fingerprint density at radius 3 is 2.69 bits per heavy atom. The molecule has 0 radical (unpaired) electrons. The lowest BCUT2D eigenvalue weighted by Crippen LogP contribution is -2.29. The highest BCUT2D eigenvalue weighted by Gasteiger charge is 2.12. The first-order valence-electron chi connectivity index (χ1n) is 5.81. The Kier molecular flexibility index (Phi) is 5.10. The molecule has 0 aliphatic rings. The first-order chi connectivity index (χ1) is 7.60. The largest absolute Gasteiger partial charge is 0.372 e. The Morgan fingerprint density at radius 2 is 2.12 bits per heavy atom. The summed E-state index contributed by atoms with van der Waals surface area (Å²) in [7, 11) is 2.12. The van der Waals surface area contributed by atoms with Crippen LogP contribution >= 0.6 is 11.6 Å². The van der Waals surface area contributed by atoms with Gasteiger partial charge in [0, 0.05) is 23.8 Å². The van der Waals surface area contributed by atoms with Crippen molar-refractivity contribution in [3.63, 3.8) is 0 Å². The Balaban J connectivity index is 3.01. The molecule has 0 fully saturated rings. The molecule has 0 spiro atoms. The van der Waals surface area contributed by atoms with Crippen LogP contribution in [0.5, 0.6) is 0 Å². The lowest BCUT2D eigenvalue weighted by atomic mass is 10.1. The zero-order valence-corrected chi connectivity index (χ0v) is 11.1. The first kappa shape index (κ1) is 13.3. The molecule has 0 aromatic heterocycles. The molecule has 1 unspecified atom stereocenters. The van der Waals surface area contributed by atoms with Crippen LogP contribution in [-0.4, -0.2) is 19.6 Å². The number of hydrogen-bond donors (Lipinski definition) is 1. The summed E-state index contributed by atoms with van der Waals surface area (Å²) in [5, 5.41) is 0.782. The Bertz CT molecular complexity index is 339. The molecule has 1 rings (SSSR count). The van der Waals surface area contributed by atoms with E-state index in [1.54, 1.807) is 0 Å². The van der Waals surface area contributed by atoms with Gasteiger partial charge in [-0.1, -0.05) is 18.5 Å². The molecule has 0 amide bonds. The summed E-state index contributed by atoms with van der Waals surface area (Å²) < 4.78 is 0. The second-order valence-corrected chi connectivity index (χ2v) is 4.62. The zero-order chi connectivity index (χ0) is 12.1. The van der Waals surface area contributed by atoms with Crippen LogP contribution in [0.2, 0.25) is 5.02 Å². The van der Waals surface area contributed by atoms with Gasteiger partial charge in [0.05, 0.1) is 0 Å². The smallest absolute Gasteiger partial charge is 0.0410 e. The summed E-state index contributed by atoms with van der Waals surface area (Å²) >= 11 is 6.01. The second-order valence-electron chi connectivity index (χ2n) is 4.18. The summed E-state index contributed by atoms with van der Waals surface area (Å²) in [5.41, 5.74) is 8.10. The van der Waals surface area contributed by atoms with Crippen LogP contribution in [0.4, 0.5) is 5.69 Å². The summed E-state index contributed by atoms with van der Waals surface area (Å²) in [4.78, 5) is 2.29. The van der Waals surface area contributed by atoms with Crippen molar-refractivity contribution in [3.05, 3.63) is 28.8 Å². The Labute approximate surface area is 103 Å². The van der Waals surface area contributed by atoms with Gasteiger partial charge in [0.2, 0.25) is 0 Å². The third-order valence-corrected chi connectivity index (χ3v) is 3.32. The van der Waals surface area contributed by atoms with E-state index in [1.165, 1.54) is 11.3 Å².